The van der Waals surface area contributed by atoms with Gasteiger partial charge in [-0.1, -0.05) is 0 Å². The molecule has 11 heavy (non-hydrogen) atoms. The van der Waals surface area contributed by atoms with Crippen molar-refractivity contribution in [2.75, 3.05) is 0 Å². The molecular weight excluding hydrogens is 144 g/mol. The van der Waals surface area contributed by atoms with E-state index in [0.29, 0.717) is 6.42 Å². The second kappa shape index (κ2) is 2.21. The molecule has 0 aromatic heterocycles. The molecule has 0 aromatic rings. The van der Waals surface area contributed by atoms with Gasteiger partial charge < -0.3 is 10.2 Å². The quantitative estimate of drug-likeness (QED) is 0.580. The molecule has 0 spiro atoms. The Hall–Kier alpha value is -0.570. The fourth-order valence-corrected chi connectivity index (χ4v) is 2.68. The molecule has 0 saturated heterocycles. The van der Waals surface area contributed by atoms with Gasteiger partial charge >= 0.3 is 5.97 Å². The van der Waals surface area contributed by atoms with Crippen LogP contribution in [0, 0.1) is 17.8 Å². The molecule has 4 atom stereocenters. The lowest BCUT2D eigenvalue weighted by atomic mass is 9.97. The normalized spacial score (nSPS) is 48.1. The average Bonchev–Trinajstić information content (AvgIpc) is 2.41. The van der Waals surface area contributed by atoms with E-state index in [1.54, 1.807) is 0 Å². The predicted octanol–water partition coefficient (Wildman–Crippen LogP) is 0.478. The van der Waals surface area contributed by atoms with E-state index in [9.17, 15) is 9.90 Å². The standard InChI is InChI=1S/C8H12O3/c9-6-3-4-1-2-5(6)7(4)8(10)11/h4-7,9H,1-3H2,(H,10,11)/t4-,5-,6-,7+/m1/s1. The molecule has 2 fully saturated rings. The summed E-state index contributed by atoms with van der Waals surface area (Å²) in [6.45, 7) is 0. The molecule has 0 aromatic carbocycles. The lowest BCUT2D eigenvalue weighted by molar-refractivity contribution is -0.143. The Balaban J connectivity index is 2.19. The van der Waals surface area contributed by atoms with E-state index in [0.717, 1.165) is 12.8 Å². The maximum Gasteiger partial charge on any atom is 0.307 e. The van der Waals surface area contributed by atoms with Crippen LogP contribution in [0.15, 0.2) is 0 Å². The summed E-state index contributed by atoms with van der Waals surface area (Å²) in [5.74, 6) is -0.649. The highest BCUT2D eigenvalue weighted by molar-refractivity contribution is 5.71. The van der Waals surface area contributed by atoms with Gasteiger partial charge in [0.05, 0.1) is 12.0 Å². The van der Waals surface area contributed by atoms with Crippen molar-refractivity contribution in [3.63, 3.8) is 0 Å². The van der Waals surface area contributed by atoms with Crippen LogP contribution in [0.3, 0.4) is 0 Å². The summed E-state index contributed by atoms with van der Waals surface area (Å²) in [5, 5.41) is 18.2. The largest absolute Gasteiger partial charge is 0.481 e. The highest BCUT2D eigenvalue weighted by Gasteiger charge is 2.50. The van der Waals surface area contributed by atoms with Gasteiger partial charge in [-0.05, 0) is 31.1 Å². The van der Waals surface area contributed by atoms with Crippen molar-refractivity contribution >= 4 is 5.97 Å². The first-order chi connectivity index (χ1) is 5.20. The van der Waals surface area contributed by atoms with E-state index in [-0.39, 0.29) is 23.9 Å². The van der Waals surface area contributed by atoms with Crippen molar-refractivity contribution in [3.8, 4) is 0 Å². The van der Waals surface area contributed by atoms with E-state index < -0.39 is 5.97 Å². The molecule has 2 N–H and O–H groups in total. The summed E-state index contributed by atoms with van der Waals surface area (Å²) in [7, 11) is 0. The van der Waals surface area contributed by atoms with Crippen molar-refractivity contribution < 1.29 is 15.0 Å². The van der Waals surface area contributed by atoms with Crippen LogP contribution in [-0.2, 0) is 4.79 Å². The fraction of sp³-hybridized carbons (Fsp3) is 0.875. The number of aliphatic carboxylic acids is 1. The van der Waals surface area contributed by atoms with Crippen LogP contribution in [0.5, 0.6) is 0 Å². The first kappa shape index (κ1) is 7.10. The highest BCUT2D eigenvalue weighted by Crippen LogP contribution is 2.49. The van der Waals surface area contributed by atoms with Gasteiger partial charge in [-0.15, -0.1) is 0 Å². The second-order valence-electron chi connectivity index (χ2n) is 3.67. The SMILES string of the molecule is O=C(O)[C@H]1[C@@H]2CC[C@@H]1[C@H](O)C2. The van der Waals surface area contributed by atoms with Crippen molar-refractivity contribution in [2.24, 2.45) is 17.8 Å². The van der Waals surface area contributed by atoms with Gasteiger partial charge in [-0.3, -0.25) is 4.79 Å². The Bertz CT molecular complexity index is 190. The minimum absolute atomic E-state index is 0.0532. The summed E-state index contributed by atoms with van der Waals surface area (Å²) >= 11 is 0. The van der Waals surface area contributed by atoms with Crippen LogP contribution in [0.25, 0.3) is 0 Å². The van der Waals surface area contributed by atoms with Crippen LogP contribution in [0.1, 0.15) is 19.3 Å². The average molecular weight is 156 g/mol. The molecule has 2 saturated carbocycles. The second-order valence-corrected chi connectivity index (χ2v) is 3.67. The fourth-order valence-electron chi connectivity index (χ4n) is 2.68. The zero-order valence-corrected chi connectivity index (χ0v) is 6.23. The Kier molecular flexibility index (Phi) is 1.42. The van der Waals surface area contributed by atoms with Gasteiger partial charge in [0.1, 0.15) is 0 Å². The van der Waals surface area contributed by atoms with E-state index in [1.807, 2.05) is 0 Å². The lowest BCUT2D eigenvalue weighted by Gasteiger charge is -2.14. The third kappa shape index (κ3) is 0.872. The number of aliphatic hydroxyl groups excluding tert-OH is 1. The molecule has 3 heteroatoms. The molecular formula is C8H12O3. The van der Waals surface area contributed by atoms with Crippen molar-refractivity contribution in [1.82, 2.24) is 0 Å². The summed E-state index contributed by atoms with van der Waals surface area (Å²) < 4.78 is 0. The first-order valence-electron chi connectivity index (χ1n) is 4.11. The number of fused-ring (bicyclic) bond motifs is 2. The minimum Gasteiger partial charge on any atom is -0.481 e. The van der Waals surface area contributed by atoms with E-state index >= 15 is 0 Å². The molecule has 0 unspecified atom stereocenters. The van der Waals surface area contributed by atoms with Gasteiger partial charge in [-0.2, -0.15) is 0 Å². The van der Waals surface area contributed by atoms with Crippen LogP contribution in [0.4, 0.5) is 0 Å². The molecule has 2 aliphatic carbocycles. The number of carboxylic acids is 1. The Morgan fingerprint density at radius 1 is 1.36 bits per heavy atom. The highest BCUT2D eigenvalue weighted by atomic mass is 16.4. The molecule has 0 aliphatic heterocycles. The van der Waals surface area contributed by atoms with Gasteiger partial charge in [0.25, 0.3) is 0 Å². The molecule has 62 valence electrons. The Morgan fingerprint density at radius 3 is 2.36 bits per heavy atom. The topological polar surface area (TPSA) is 57.5 Å². The van der Waals surface area contributed by atoms with Gasteiger partial charge in [0, 0.05) is 0 Å². The summed E-state index contributed by atoms with van der Waals surface area (Å²) in [6.07, 6.45) is 2.28. The van der Waals surface area contributed by atoms with Crippen molar-refractivity contribution in [1.29, 1.82) is 0 Å². The van der Waals surface area contributed by atoms with E-state index in [1.165, 1.54) is 0 Å². The summed E-state index contributed by atoms with van der Waals surface area (Å²) in [4.78, 5) is 10.7. The number of hydrogen-bond donors (Lipinski definition) is 2. The third-order valence-corrected chi connectivity index (χ3v) is 3.16. The van der Waals surface area contributed by atoms with Crippen molar-refractivity contribution in [3.05, 3.63) is 0 Å². The van der Waals surface area contributed by atoms with Crippen LogP contribution in [0.2, 0.25) is 0 Å². The van der Waals surface area contributed by atoms with Crippen molar-refractivity contribution in [2.45, 2.75) is 25.4 Å². The first-order valence-corrected chi connectivity index (χ1v) is 4.11. The number of carbonyl (C=O) groups is 1. The predicted molar refractivity (Wildman–Crippen MR) is 38.0 cm³/mol. The third-order valence-electron chi connectivity index (χ3n) is 3.16. The molecule has 2 aliphatic rings. The molecule has 2 bridgehead atoms. The zero-order chi connectivity index (χ0) is 8.01. The monoisotopic (exact) mass is 156 g/mol. The lowest BCUT2D eigenvalue weighted by Crippen LogP contribution is -2.22. The van der Waals surface area contributed by atoms with Gasteiger partial charge in [0.15, 0.2) is 0 Å². The summed E-state index contributed by atoms with van der Waals surface area (Å²) in [6, 6.07) is 0. The minimum atomic E-state index is -0.714. The van der Waals surface area contributed by atoms with Gasteiger partial charge in [0.2, 0.25) is 0 Å². The number of carboxylic acid groups (broad SMARTS) is 1. The van der Waals surface area contributed by atoms with Crippen LogP contribution >= 0.6 is 0 Å². The molecule has 0 radical (unpaired) electrons. The molecule has 3 nitrogen and oxygen atoms in total. The summed E-state index contributed by atoms with van der Waals surface area (Å²) in [5.41, 5.74) is 0. The van der Waals surface area contributed by atoms with Crippen LogP contribution < -0.4 is 0 Å². The van der Waals surface area contributed by atoms with Crippen LogP contribution in [-0.4, -0.2) is 22.3 Å². The maximum absolute atomic E-state index is 10.7. The molecule has 0 heterocycles. The number of hydrogen-bond acceptors (Lipinski definition) is 2. The Morgan fingerprint density at radius 2 is 2.09 bits per heavy atom. The number of aliphatic hydroxyl groups is 1. The van der Waals surface area contributed by atoms with E-state index in [4.69, 9.17) is 5.11 Å². The van der Waals surface area contributed by atoms with Gasteiger partial charge in [-0.25, -0.2) is 0 Å². The Labute approximate surface area is 65.0 Å². The smallest absolute Gasteiger partial charge is 0.307 e. The van der Waals surface area contributed by atoms with E-state index in [2.05, 4.69) is 0 Å². The molecule has 2 rings (SSSR count). The maximum atomic E-state index is 10.7. The number of rotatable bonds is 1. The zero-order valence-electron chi connectivity index (χ0n) is 6.23. The molecule has 0 amide bonds.